The van der Waals surface area contributed by atoms with Gasteiger partial charge in [-0.2, -0.15) is 0 Å². The van der Waals surface area contributed by atoms with E-state index >= 15 is 0 Å². The summed E-state index contributed by atoms with van der Waals surface area (Å²) in [6.07, 6.45) is 0. The number of ether oxygens (including phenoxy) is 1. The van der Waals surface area contributed by atoms with Crippen molar-refractivity contribution in [1.82, 2.24) is 0 Å². The first kappa shape index (κ1) is 21.1. The SMILES string of the molecule is COc1ccc([C@@H]2/C(=C(\O)c3ccccc3)C(=O)C(=O)N2c2ccc(C(C)=O)cc2)cc1. The number of aliphatic hydroxyl groups excluding tert-OH is 1. The van der Waals surface area contributed by atoms with E-state index in [2.05, 4.69) is 0 Å². The predicted molar refractivity (Wildman–Crippen MR) is 121 cm³/mol. The molecule has 6 heteroatoms. The van der Waals surface area contributed by atoms with Gasteiger partial charge in [-0.3, -0.25) is 19.3 Å². The number of amides is 1. The minimum absolute atomic E-state index is 0.00186. The van der Waals surface area contributed by atoms with Crippen LogP contribution in [0.15, 0.2) is 84.4 Å². The summed E-state index contributed by atoms with van der Waals surface area (Å²) in [6.45, 7) is 1.46. The van der Waals surface area contributed by atoms with Crippen molar-refractivity contribution in [3.63, 3.8) is 0 Å². The van der Waals surface area contributed by atoms with Gasteiger partial charge in [0.25, 0.3) is 11.7 Å². The molecule has 6 nitrogen and oxygen atoms in total. The van der Waals surface area contributed by atoms with E-state index in [1.807, 2.05) is 0 Å². The molecule has 0 radical (unpaired) electrons. The van der Waals surface area contributed by atoms with Gasteiger partial charge < -0.3 is 9.84 Å². The lowest BCUT2D eigenvalue weighted by molar-refractivity contribution is -0.132. The van der Waals surface area contributed by atoms with E-state index in [1.54, 1.807) is 86.0 Å². The number of Topliss-reactive ketones (excluding diaryl/α,β-unsaturated/α-hetero) is 2. The van der Waals surface area contributed by atoms with Crippen molar-refractivity contribution in [1.29, 1.82) is 0 Å². The lowest BCUT2D eigenvalue weighted by atomic mass is 9.95. The van der Waals surface area contributed by atoms with Crippen LogP contribution in [0.5, 0.6) is 5.75 Å². The van der Waals surface area contributed by atoms with Crippen molar-refractivity contribution in [3.05, 3.63) is 101 Å². The summed E-state index contributed by atoms with van der Waals surface area (Å²) in [4.78, 5) is 39.2. The van der Waals surface area contributed by atoms with Crippen LogP contribution in [-0.4, -0.2) is 29.7 Å². The fraction of sp³-hybridized carbons (Fsp3) is 0.115. The minimum Gasteiger partial charge on any atom is -0.507 e. The number of rotatable bonds is 5. The molecule has 4 rings (SSSR count). The molecule has 0 aromatic heterocycles. The lowest BCUT2D eigenvalue weighted by Crippen LogP contribution is -2.29. The van der Waals surface area contributed by atoms with Gasteiger partial charge in [0.2, 0.25) is 0 Å². The van der Waals surface area contributed by atoms with Crippen LogP contribution in [0.4, 0.5) is 5.69 Å². The maximum Gasteiger partial charge on any atom is 0.300 e. The molecular formula is C26H21NO5. The smallest absolute Gasteiger partial charge is 0.300 e. The lowest BCUT2D eigenvalue weighted by Gasteiger charge is -2.25. The van der Waals surface area contributed by atoms with Gasteiger partial charge in [0.05, 0.1) is 18.7 Å². The highest BCUT2D eigenvalue weighted by Crippen LogP contribution is 2.42. The van der Waals surface area contributed by atoms with E-state index in [0.29, 0.717) is 28.1 Å². The second-order valence-corrected chi connectivity index (χ2v) is 7.41. The summed E-state index contributed by atoms with van der Waals surface area (Å²) in [5.41, 5.74) is 2.02. The summed E-state index contributed by atoms with van der Waals surface area (Å²) in [5, 5.41) is 11.0. The van der Waals surface area contributed by atoms with Crippen LogP contribution in [0.25, 0.3) is 5.76 Å². The zero-order valence-corrected chi connectivity index (χ0v) is 17.6. The summed E-state index contributed by atoms with van der Waals surface area (Å²) in [6, 6.07) is 21.2. The number of hydrogen-bond acceptors (Lipinski definition) is 5. The molecule has 1 saturated heterocycles. The van der Waals surface area contributed by atoms with Gasteiger partial charge in [0.1, 0.15) is 11.5 Å². The molecule has 1 aliphatic heterocycles. The van der Waals surface area contributed by atoms with Gasteiger partial charge in [-0.15, -0.1) is 0 Å². The van der Waals surface area contributed by atoms with E-state index in [9.17, 15) is 19.5 Å². The number of benzene rings is 3. The normalized spacial score (nSPS) is 17.4. The first-order valence-corrected chi connectivity index (χ1v) is 10.0. The third-order valence-corrected chi connectivity index (χ3v) is 5.48. The molecule has 1 atom stereocenters. The second kappa shape index (κ2) is 8.51. The number of carbonyl (C=O) groups is 3. The van der Waals surface area contributed by atoms with Gasteiger partial charge in [0, 0.05) is 16.8 Å². The fourth-order valence-electron chi connectivity index (χ4n) is 3.81. The molecule has 0 aliphatic carbocycles. The van der Waals surface area contributed by atoms with Gasteiger partial charge in [0.15, 0.2) is 5.78 Å². The van der Waals surface area contributed by atoms with Crippen LogP contribution < -0.4 is 9.64 Å². The summed E-state index contributed by atoms with van der Waals surface area (Å²) in [7, 11) is 1.55. The van der Waals surface area contributed by atoms with Crippen molar-refractivity contribution in [3.8, 4) is 5.75 Å². The Morgan fingerprint density at radius 3 is 2.06 bits per heavy atom. The van der Waals surface area contributed by atoms with Crippen LogP contribution in [-0.2, 0) is 9.59 Å². The number of hydrogen-bond donors (Lipinski definition) is 1. The molecule has 1 N–H and O–H groups in total. The minimum atomic E-state index is -0.843. The molecule has 1 aliphatic rings. The summed E-state index contributed by atoms with van der Waals surface area (Å²) < 4.78 is 5.22. The highest BCUT2D eigenvalue weighted by Gasteiger charge is 2.46. The Bertz CT molecular complexity index is 1210. The van der Waals surface area contributed by atoms with Crippen LogP contribution in [0.2, 0.25) is 0 Å². The summed E-state index contributed by atoms with van der Waals surface area (Å²) in [5.74, 6) is -1.25. The van der Waals surface area contributed by atoms with E-state index in [0.717, 1.165) is 0 Å². The van der Waals surface area contributed by atoms with Gasteiger partial charge >= 0.3 is 0 Å². The number of carbonyl (C=O) groups excluding carboxylic acids is 3. The van der Waals surface area contributed by atoms with Crippen molar-refractivity contribution in [2.75, 3.05) is 12.0 Å². The molecule has 3 aromatic carbocycles. The number of ketones is 2. The molecular weight excluding hydrogens is 406 g/mol. The highest BCUT2D eigenvalue weighted by atomic mass is 16.5. The van der Waals surface area contributed by atoms with Crippen LogP contribution in [0.3, 0.4) is 0 Å². The van der Waals surface area contributed by atoms with E-state index in [1.165, 1.54) is 11.8 Å². The molecule has 1 amide bonds. The number of aliphatic hydroxyl groups is 1. The van der Waals surface area contributed by atoms with Crippen molar-refractivity contribution >= 4 is 28.9 Å². The Morgan fingerprint density at radius 2 is 1.50 bits per heavy atom. The maximum atomic E-state index is 13.1. The highest BCUT2D eigenvalue weighted by molar-refractivity contribution is 6.51. The topological polar surface area (TPSA) is 83.9 Å². The maximum absolute atomic E-state index is 13.1. The van der Waals surface area contributed by atoms with Crippen LogP contribution in [0.1, 0.15) is 34.5 Å². The van der Waals surface area contributed by atoms with Gasteiger partial charge in [-0.25, -0.2) is 0 Å². The van der Waals surface area contributed by atoms with Crippen molar-refractivity contribution in [2.45, 2.75) is 13.0 Å². The van der Waals surface area contributed by atoms with E-state index in [4.69, 9.17) is 4.74 Å². The first-order valence-electron chi connectivity index (χ1n) is 10.0. The molecule has 0 saturated carbocycles. The number of nitrogens with zero attached hydrogens (tertiary/aromatic N) is 1. The predicted octanol–water partition coefficient (Wildman–Crippen LogP) is 4.52. The van der Waals surface area contributed by atoms with Crippen LogP contribution in [0, 0.1) is 0 Å². The van der Waals surface area contributed by atoms with Gasteiger partial charge in [-0.1, -0.05) is 42.5 Å². The molecule has 160 valence electrons. The Balaban J connectivity index is 1.90. The second-order valence-electron chi connectivity index (χ2n) is 7.41. The fourth-order valence-corrected chi connectivity index (χ4v) is 3.81. The van der Waals surface area contributed by atoms with Crippen molar-refractivity contribution < 1.29 is 24.2 Å². The average Bonchev–Trinajstić information content (AvgIpc) is 3.09. The Labute approximate surface area is 185 Å². The number of methoxy groups -OCH3 is 1. The van der Waals surface area contributed by atoms with Gasteiger partial charge in [-0.05, 0) is 48.9 Å². The average molecular weight is 427 g/mol. The molecule has 0 bridgehead atoms. The molecule has 3 aromatic rings. The van der Waals surface area contributed by atoms with Crippen molar-refractivity contribution in [2.24, 2.45) is 0 Å². The largest absolute Gasteiger partial charge is 0.507 e. The zero-order chi connectivity index (χ0) is 22.8. The van der Waals surface area contributed by atoms with Crippen LogP contribution >= 0.6 is 0 Å². The standard InChI is InChI=1S/C26H21NO5/c1-16(28)17-8-12-20(13-9-17)27-23(18-10-14-21(32-2)15-11-18)22(25(30)26(27)31)24(29)19-6-4-3-5-7-19/h3-15,23,29H,1-2H3/b24-22+/t23-/m1/s1. The Hall–Kier alpha value is -4.19. The monoisotopic (exact) mass is 427 g/mol. The van der Waals surface area contributed by atoms with E-state index in [-0.39, 0.29) is 17.1 Å². The molecule has 0 spiro atoms. The molecule has 1 fully saturated rings. The molecule has 32 heavy (non-hydrogen) atoms. The Kier molecular flexibility index (Phi) is 5.60. The third-order valence-electron chi connectivity index (χ3n) is 5.48. The quantitative estimate of drug-likeness (QED) is 0.280. The Morgan fingerprint density at radius 1 is 0.875 bits per heavy atom. The number of anilines is 1. The summed E-state index contributed by atoms with van der Waals surface area (Å²) >= 11 is 0. The van der Waals surface area contributed by atoms with E-state index < -0.39 is 17.7 Å². The third kappa shape index (κ3) is 3.67. The molecule has 0 unspecified atom stereocenters. The first-order chi connectivity index (χ1) is 15.4. The zero-order valence-electron chi connectivity index (χ0n) is 17.6. The molecule has 1 heterocycles.